The third kappa shape index (κ3) is 9.57. The molecule has 272 valence electrons. The molecule has 0 spiro atoms. The summed E-state index contributed by atoms with van der Waals surface area (Å²) in [6.45, 7) is 6.25. The van der Waals surface area contributed by atoms with Crippen molar-refractivity contribution in [3.8, 4) is 5.75 Å². The smallest absolute Gasteiger partial charge is 0.321 e. The maximum atomic E-state index is 14.4. The minimum Gasteiger partial charge on any atom is -0.490 e. The van der Waals surface area contributed by atoms with E-state index in [9.17, 15) is 23.1 Å². The van der Waals surface area contributed by atoms with Gasteiger partial charge in [0.2, 0.25) is 0 Å². The number of aliphatic hydroxyl groups is 1. The van der Waals surface area contributed by atoms with E-state index < -0.39 is 28.1 Å². The number of likely N-dealkylation sites (N-methyl/N-ethyl adjacent to an activating group) is 1. The molecule has 51 heavy (non-hydrogen) atoms. The Morgan fingerprint density at radius 1 is 1.00 bits per heavy atom. The quantitative estimate of drug-likeness (QED) is 0.187. The Morgan fingerprint density at radius 3 is 2.49 bits per heavy atom. The first kappa shape index (κ1) is 37.6. The SMILES string of the molecule is C[C@H](CO)N1C[C@H](C)[C@@H](CN(C)C(=O)Nc2cccc3ccccc23)OCCCC[C@H](C)Oc2ccc(NS(=O)(=O)c3ccccc3)cc2C1=O. The third-order valence-electron chi connectivity index (χ3n) is 9.19. The van der Waals surface area contributed by atoms with Crippen LogP contribution >= 0.6 is 0 Å². The number of nitrogens with one attached hydrogen (secondary N) is 2. The van der Waals surface area contributed by atoms with Crippen LogP contribution in [0.2, 0.25) is 0 Å². The van der Waals surface area contributed by atoms with Crippen LogP contribution in [0.15, 0.2) is 95.9 Å². The number of urea groups is 1. The minimum absolute atomic E-state index is 0.0902. The van der Waals surface area contributed by atoms with Crippen LogP contribution in [0.4, 0.5) is 16.2 Å². The number of benzene rings is 4. The molecule has 0 bridgehead atoms. The lowest BCUT2D eigenvalue weighted by molar-refractivity contribution is -0.0115. The first-order valence-corrected chi connectivity index (χ1v) is 18.9. The lowest BCUT2D eigenvalue weighted by Gasteiger charge is -2.35. The van der Waals surface area contributed by atoms with Crippen molar-refractivity contribution in [1.29, 1.82) is 0 Å². The number of hydrogen-bond donors (Lipinski definition) is 3. The van der Waals surface area contributed by atoms with Gasteiger partial charge in [-0.3, -0.25) is 9.52 Å². The van der Waals surface area contributed by atoms with Crippen molar-refractivity contribution in [2.45, 2.75) is 63.2 Å². The van der Waals surface area contributed by atoms with E-state index in [2.05, 4.69) is 10.0 Å². The van der Waals surface area contributed by atoms with Crippen LogP contribution in [0.3, 0.4) is 0 Å². The molecule has 12 heteroatoms. The van der Waals surface area contributed by atoms with Gasteiger partial charge in [0.05, 0.1) is 41.0 Å². The Morgan fingerprint density at radius 2 is 1.73 bits per heavy atom. The maximum absolute atomic E-state index is 14.4. The number of sulfonamides is 1. The summed E-state index contributed by atoms with van der Waals surface area (Å²) in [5.74, 6) is -0.362. The number of amides is 3. The van der Waals surface area contributed by atoms with E-state index >= 15 is 0 Å². The summed E-state index contributed by atoms with van der Waals surface area (Å²) in [4.78, 5) is 31.1. The molecule has 1 aliphatic rings. The number of nitrogens with zero attached hydrogens (tertiary/aromatic N) is 2. The summed E-state index contributed by atoms with van der Waals surface area (Å²) in [7, 11) is -2.21. The van der Waals surface area contributed by atoms with E-state index in [1.807, 2.05) is 56.3 Å². The van der Waals surface area contributed by atoms with Crippen LogP contribution in [0.5, 0.6) is 5.75 Å². The second kappa shape index (κ2) is 17.0. The molecule has 0 unspecified atom stereocenters. The summed E-state index contributed by atoms with van der Waals surface area (Å²) in [5, 5.41) is 15.3. The summed E-state index contributed by atoms with van der Waals surface area (Å²) >= 11 is 0. The van der Waals surface area contributed by atoms with Crippen molar-refractivity contribution in [3.63, 3.8) is 0 Å². The number of fused-ring (bicyclic) bond motifs is 2. The molecule has 0 fully saturated rings. The zero-order chi connectivity index (χ0) is 36.5. The van der Waals surface area contributed by atoms with E-state index in [0.29, 0.717) is 24.5 Å². The van der Waals surface area contributed by atoms with Crippen molar-refractivity contribution in [3.05, 3.63) is 96.6 Å². The Kier molecular flexibility index (Phi) is 12.6. The van der Waals surface area contributed by atoms with Gasteiger partial charge in [0.1, 0.15) is 5.75 Å². The van der Waals surface area contributed by atoms with Gasteiger partial charge in [-0.15, -0.1) is 0 Å². The predicted octanol–water partition coefficient (Wildman–Crippen LogP) is 6.60. The third-order valence-corrected chi connectivity index (χ3v) is 10.6. The molecule has 0 aliphatic carbocycles. The number of rotatable bonds is 8. The molecule has 1 heterocycles. The molecule has 4 aromatic carbocycles. The number of carbonyl (C=O) groups is 2. The van der Waals surface area contributed by atoms with Crippen LogP contribution < -0.4 is 14.8 Å². The van der Waals surface area contributed by atoms with Gasteiger partial charge < -0.3 is 29.7 Å². The van der Waals surface area contributed by atoms with Gasteiger partial charge in [0.15, 0.2) is 0 Å². The van der Waals surface area contributed by atoms with Gasteiger partial charge in [-0.1, -0.05) is 61.5 Å². The molecular formula is C39H48N4O7S. The van der Waals surface area contributed by atoms with Gasteiger partial charge in [-0.05, 0) is 74.9 Å². The zero-order valence-corrected chi connectivity index (χ0v) is 30.4. The molecule has 1 aliphatic heterocycles. The van der Waals surface area contributed by atoms with Crippen LogP contribution in [0.25, 0.3) is 10.8 Å². The Balaban J connectivity index is 1.40. The molecule has 4 aromatic rings. The molecule has 0 aromatic heterocycles. The highest BCUT2D eigenvalue weighted by Crippen LogP contribution is 2.30. The van der Waals surface area contributed by atoms with E-state index in [4.69, 9.17) is 9.47 Å². The number of ether oxygens (including phenoxy) is 2. The molecule has 0 radical (unpaired) electrons. The van der Waals surface area contributed by atoms with Gasteiger partial charge in [0, 0.05) is 43.7 Å². The van der Waals surface area contributed by atoms with E-state index in [1.54, 1.807) is 54.1 Å². The monoisotopic (exact) mass is 716 g/mol. The lowest BCUT2D eigenvalue weighted by atomic mass is 10.0. The lowest BCUT2D eigenvalue weighted by Crippen LogP contribution is -2.48. The standard InChI is InChI=1S/C39H48N4O7S/c1-27-24-43(28(2)26-44)38(45)34-23-31(41-51(47,48)32-16-6-5-7-17-32)20-21-36(34)50-29(3)13-10-11-22-49-37(27)25-42(4)39(46)40-35-19-12-15-30-14-8-9-18-33(30)35/h5-9,12,14-21,23,27-29,37,41,44H,10-11,13,22,24-26H2,1-4H3,(H,40,46)/t27-,28+,29-,37+/m0/s1. The van der Waals surface area contributed by atoms with E-state index in [1.165, 1.54) is 18.2 Å². The van der Waals surface area contributed by atoms with Crippen molar-refractivity contribution < 1.29 is 32.6 Å². The fraction of sp³-hybridized carbons (Fsp3) is 0.385. The minimum atomic E-state index is -3.93. The predicted molar refractivity (Wildman–Crippen MR) is 200 cm³/mol. The highest BCUT2D eigenvalue weighted by molar-refractivity contribution is 7.92. The van der Waals surface area contributed by atoms with Gasteiger partial charge in [0.25, 0.3) is 15.9 Å². The largest absolute Gasteiger partial charge is 0.490 e. The van der Waals surface area contributed by atoms with Crippen molar-refractivity contribution in [1.82, 2.24) is 9.80 Å². The molecule has 3 N–H and O–H groups in total. The highest BCUT2D eigenvalue weighted by Gasteiger charge is 2.31. The number of carbonyl (C=O) groups excluding carboxylic acids is 2. The number of hydrogen-bond acceptors (Lipinski definition) is 7. The van der Waals surface area contributed by atoms with Crippen LogP contribution in [0, 0.1) is 5.92 Å². The maximum Gasteiger partial charge on any atom is 0.321 e. The average Bonchev–Trinajstić information content (AvgIpc) is 3.13. The Labute approximate surface area is 300 Å². The van der Waals surface area contributed by atoms with Crippen LogP contribution in [-0.2, 0) is 14.8 Å². The van der Waals surface area contributed by atoms with Crippen LogP contribution in [0.1, 0.15) is 50.4 Å². The molecule has 3 amide bonds. The fourth-order valence-corrected chi connectivity index (χ4v) is 7.23. The fourth-order valence-electron chi connectivity index (χ4n) is 6.16. The molecule has 4 atom stereocenters. The normalized spacial score (nSPS) is 19.7. The summed E-state index contributed by atoms with van der Waals surface area (Å²) in [5.41, 5.74) is 1.08. The molecular weight excluding hydrogens is 669 g/mol. The summed E-state index contributed by atoms with van der Waals surface area (Å²) < 4.78 is 41.6. The van der Waals surface area contributed by atoms with E-state index in [0.717, 1.165) is 23.6 Å². The summed E-state index contributed by atoms with van der Waals surface area (Å²) in [6, 6.07) is 25.4. The van der Waals surface area contributed by atoms with Gasteiger partial charge in [-0.25, -0.2) is 13.2 Å². The molecule has 5 rings (SSSR count). The van der Waals surface area contributed by atoms with Crippen molar-refractivity contribution in [2.75, 3.05) is 43.4 Å². The number of aliphatic hydroxyl groups excluding tert-OH is 1. The van der Waals surface area contributed by atoms with Crippen molar-refractivity contribution >= 4 is 44.1 Å². The molecule has 0 saturated heterocycles. The average molecular weight is 717 g/mol. The van der Waals surface area contributed by atoms with Gasteiger partial charge >= 0.3 is 6.03 Å². The van der Waals surface area contributed by atoms with Crippen LogP contribution in [-0.4, -0.2) is 86.9 Å². The Bertz CT molecular complexity index is 1900. The number of anilines is 2. The molecule has 0 saturated carbocycles. The molecule has 11 nitrogen and oxygen atoms in total. The van der Waals surface area contributed by atoms with Crippen molar-refractivity contribution in [2.24, 2.45) is 5.92 Å². The first-order valence-electron chi connectivity index (χ1n) is 17.4. The second-order valence-electron chi connectivity index (χ2n) is 13.3. The zero-order valence-electron chi connectivity index (χ0n) is 29.6. The second-order valence-corrected chi connectivity index (χ2v) is 14.9. The first-order chi connectivity index (χ1) is 24.5. The van der Waals surface area contributed by atoms with Gasteiger partial charge in [-0.2, -0.15) is 0 Å². The topological polar surface area (TPSA) is 138 Å². The Hall–Kier alpha value is -4.65. The summed E-state index contributed by atoms with van der Waals surface area (Å²) in [6.07, 6.45) is 1.60. The van der Waals surface area contributed by atoms with E-state index in [-0.39, 0.29) is 53.9 Å². The highest BCUT2D eigenvalue weighted by atomic mass is 32.2.